The van der Waals surface area contributed by atoms with Crippen LogP contribution in [0.1, 0.15) is 38.8 Å². The summed E-state index contributed by atoms with van der Waals surface area (Å²) in [6.45, 7) is 5.57. The molecular formula is C15H24N2O3. The molecule has 5 heteroatoms. The summed E-state index contributed by atoms with van der Waals surface area (Å²) in [5.74, 6) is 0. The van der Waals surface area contributed by atoms with Gasteiger partial charge < -0.3 is 20.9 Å². The SMILES string of the molecule is CC(C)(C)OC(=O)N[C@@H](CC(O)CN)c1ccccc1. The van der Waals surface area contributed by atoms with Crippen molar-refractivity contribution in [1.82, 2.24) is 5.32 Å². The van der Waals surface area contributed by atoms with Gasteiger partial charge in [0, 0.05) is 6.54 Å². The molecule has 0 aliphatic heterocycles. The predicted molar refractivity (Wildman–Crippen MR) is 78.2 cm³/mol. The third-order valence-electron chi connectivity index (χ3n) is 2.67. The van der Waals surface area contributed by atoms with Gasteiger partial charge in [-0.3, -0.25) is 0 Å². The highest BCUT2D eigenvalue weighted by atomic mass is 16.6. The second-order valence-electron chi connectivity index (χ2n) is 5.73. The van der Waals surface area contributed by atoms with Gasteiger partial charge in [0.15, 0.2) is 0 Å². The lowest BCUT2D eigenvalue weighted by atomic mass is 10.0. The zero-order valence-electron chi connectivity index (χ0n) is 12.3. The van der Waals surface area contributed by atoms with Gasteiger partial charge in [-0.05, 0) is 32.8 Å². The first-order chi connectivity index (χ1) is 9.31. The van der Waals surface area contributed by atoms with Gasteiger partial charge >= 0.3 is 6.09 Å². The fourth-order valence-electron chi connectivity index (χ4n) is 1.78. The van der Waals surface area contributed by atoms with Crippen LogP contribution < -0.4 is 11.1 Å². The molecule has 0 aromatic heterocycles. The van der Waals surface area contributed by atoms with E-state index in [1.54, 1.807) is 20.8 Å². The number of nitrogens with two attached hydrogens (primary N) is 1. The number of aliphatic hydroxyl groups excluding tert-OH is 1. The van der Waals surface area contributed by atoms with Gasteiger partial charge in [0.1, 0.15) is 5.60 Å². The Morgan fingerprint density at radius 3 is 2.45 bits per heavy atom. The lowest BCUT2D eigenvalue weighted by molar-refractivity contribution is 0.0484. The second-order valence-corrected chi connectivity index (χ2v) is 5.73. The molecule has 20 heavy (non-hydrogen) atoms. The Morgan fingerprint density at radius 1 is 1.35 bits per heavy atom. The fraction of sp³-hybridized carbons (Fsp3) is 0.533. The topological polar surface area (TPSA) is 84.6 Å². The average Bonchev–Trinajstić information content (AvgIpc) is 2.36. The number of rotatable bonds is 5. The van der Waals surface area contributed by atoms with Crippen molar-refractivity contribution in [1.29, 1.82) is 0 Å². The van der Waals surface area contributed by atoms with Crippen LogP contribution in [-0.4, -0.2) is 29.4 Å². The van der Waals surface area contributed by atoms with Crippen LogP contribution in [-0.2, 0) is 4.74 Å². The Bertz CT molecular complexity index is 415. The van der Waals surface area contributed by atoms with Gasteiger partial charge in [0.2, 0.25) is 0 Å². The summed E-state index contributed by atoms with van der Waals surface area (Å²) in [4.78, 5) is 11.9. The Kier molecular flexibility index (Phi) is 5.98. The summed E-state index contributed by atoms with van der Waals surface area (Å²) in [6, 6.07) is 9.12. The van der Waals surface area contributed by atoms with Crippen LogP contribution >= 0.6 is 0 Å². The van der Waals surface area contributed by atoms with Crippen molar-refractivity contribution in [3.05, 3.63) is 35.9 Å². The van der Waals surface area contributed by atoms with Crippen LogP contribution in [0, 0.1) is 0 Å². The zero-order chi connectivity index (χ0) is 15.2. The van der Waals surface area contributed by atoms with Crippen LogP contribution in [0.4, 0.5) is 4.79 Å². The molecule has 0 radical (unpaired) electrons. The first-order valence-electron chi connectivity index (χ1n) is 6.74. The van der Waals surface area contributed by atoms with Gasteiger partial charge in [-0.2, -0.15) is 0 Å². The van der Waals surface area contributed by atoms with Crippen molar-refractivity contribution in [2.75, 3.05) is 6.54 Å². The molecule has 0 fully saturated rings. The van der Waals surface area contributed by atoms with E-state index in [1.165, 1.54) is 0 Å². The van der Waals surface area contributed by atoms with Gasteiger partial charge in [-0.25, -0.2) is 4.79 Å². The molecule has 112 valence electrons. The van der Waals surface area contributed by atoms with Crippen LogP contribution in [0.15, 0.2) is 30.3 Å². The highest BCUT2D eigenvalue weighted by Crippen LogP contribution is 2.19. The second kappa shape index (κ2) is 7.26. The minimum absolute atomic E-state index is 0.152. The van der Waals surface area contributed by atoms with Crippen molar-refractivity contribution in [2.24, 2.45) is 5.73 Å². The summed E-state index contributed by atoms with van der Waals surface area (Å²) < 4.78 is 5.24. The lowest BCUT2D eigenvalue weighted by Crippen LogP contribution is -2.37. The van der Waals surface area contributed by atoms with E-state index in [9.17, 15) is 9.90 Å². The van der Waals surface area contributed by atoms with Crippen molar-refractivity contribution in [3.63, 3.8) is 0 Å². The van der Waals surface area contributed by atoms with Crippen molar-refractivity contribution in [2.45, 2.75) is 44.9 Å². The molecule has 0 bridgehead atoms. The molecule has 0 spiro atoms. The molecule has 0 saturated carbocycles. The summed E-state index contributed by atoms with van der Waals surface area (Å²) in [7, 11) is 0. The van der Waals surface area contributed by atoms with Crippen molar-refractivity contribution >= 4 is 6.09 Å². The Morgan fingerprint density at radius 2 is 1.95 bits per heavy atom. The number of hydrogen-bond donors (Lipinski definition) is 3. The first-order valence-corrected chi connectivity index (χ1v) is 6.74. The third-order valence-corrected chi connectivity index (χ3v) is 2.67. The summed E-state index contributed by atoms with van der Waals surface area (Å²) in [5, 5.41) is 12.5. The van der Waals surface area contributed by atoms with Gasteiger partial charge in [0.25, 0.3) is 0 Å². The Balaban J connectivity index is 2.76. The van der Waals surface area contributed by atoms with Gasteiger partial charge in [-0.1, -0.05) is 30.3 Å². The molecule has 4 N–H and O–H groups in total. The smallest absolute Gasteiger partial charge is 0.408 e. The van der Waals surface area contributed by atoms with Gasteiger partial charge in [-0.15, -0.1) is 0 Å². The molecule has 0 aliphatic carbocycles. The molecule has 5 nitrogen and oxygen atoms in total. The maximum atomic E-state index is 11.9. The molecule has 0 aliphatic rings. The van der Waals surface area contributed by atoms with E-state index >= 15 is 0 Å². The maximum Gasteiger partial charge on any atom is 0.408 e. The quantitative estimate of drug-likeness (QED) is 0.769. The van der Waals surface area contributed by atoms with E-state index in [-0.39, 0.29) is 12.6 Å². The normalized spacial score (nSPS) is 14.4. The van der Waals surface area contributed by atoms with Crippen LogP contribution in [0.25, 0.3) is 0 Å². The molecule has 1 rings (SSSR count). The van der Waals surface area contributed by atoms with E-state index in [2.05, 4.69) is 5.32 Å². The standard InChI is InChI=1S/C15H24N2O3/c1-15(2,3)20-14(19)17-13(9-12(18)10-16)11-7-5-4-6-8-11/h4-8,12-13,18H,9-10,16H2,1-3H3,(H,17,19)/t12?,13-/m0/s1. The Labute approximate surface area is 120 Å². The van der Waals surface area contributed by atoms with E-state index in [0.29, 0.717) is 6.42 Å². The van der Waals surface area contributed by atoms with Crippen molar-refractivity contribution in [3.8, 4) is 0 Å². The molecular weight excluding hydrogens is 256 g/mol. The van der Waals surface area contributed by atoms with E-state index in [4.69, 9.17) is 10.5 Å². The first kappa shape index (κ1) is 16.5. The number of amides is 1. The fourth-order valence-corrected chi connectivity index (χ4v) is 1.78. The largest absolute Gasteiger partial charge is 0.444 e. The predicted octanol–water partition coefficient (Wildman–Crippen LogP) is 1.96. The Hall–Kier alpha value is -1.59. The molecule has 1 amide bonds. The summed E-state index contributed by atoms with van der Waals surface area (Å²) in [6.07, 6.45) is -0.828. The van der Waals surface area contributed by atoms with E-state index in [1.807, 2.05) is 30.3 Å². The summed E-state index contributed by atoms with van der Waals surface area (Å²) >= 11 is 0. The third kappa shape index (κ3) is 6.04. The summed E-state index contributed by atoms with van der Waals surface area (Å²) in [5.41, 5.74) is 5.79. The zero-order valence-corrected chi connectivity index (χ0v) is 12.3. The minimum atomic E-state index is -0.671. The highest BCUT2D eigenvalue weighted by molar-refractivity contribution is 5.68. The number of carbonyl (C=O) groups is 1. The van der Waals surface area contributed by atoms with E-state index in [0.717, 1.165) is 5.56 Å². The number of ether oxygens (including phenoxy) is 1. The molecule has 1 aromatic carbocycles. The van der Waals surface area contributed by atoms with Crippen LogP contribution in [0.5, 0.6) is 0 Å². The minimum Gasteiger partial charge on any atom is -0.444 e. The molecule has 0 heterocycles. The van der Waals surface area contributed by atoms with Crippen LogP contribution in [0.2, 0.25) is 0 Å². The monoisotopic (exact) mass is 280 g/mol. The molecule has 1 aromatic rings. The lowest BCUT2D eigenvalue weighted by Gasteiger charge is -2.25. The van der Waals surface area contributed by atoms with Crippen LogP contribution in [0.3, 0.4) is 0 Å². The van der Waals surface area contributed by atoms with E-state index < -0.39 is 17.8 Å². The van der Waals surface area contributed by atoms with Gasteiger partial charge in [0.05, 0.1) is 12.1 Å². The maximum absolute atomic E-state index is 11.9. The number of hydrogen-bond acceptors (Lipinski definition) is 4. The molecule has 1 unspecified atom stereocenters. The molecule has 0 saturated heterocycles. The highest BCUT2D eigenvalue weighted by Gasteiger charge is 2.22. The number of alkyl carbamates (subject to hydrolysis) is 1. The molecule has 2 atom stereocenters. The number of aliphatic hydroxyl groups is 1. The average molecular weight is 280 g/mol. The number of nitrogens with one attached hydrogen (secondary N) is 1. The number of carbonyl (C=O) groups excluding carboxylic acids is 1. The number of benzene rings is 1. The van der Waals surface area contributed by atoms with Crippen molar-refractivity contribution < 1.29 is 14.6 Å².